The Labute approximate surface area is 194 Å². The van der Waals surface area contributed by atoms with Crippen molar-refractivity contribution in [3.05, 3.63) is 0 Å². The summed E-state index contributed by atoms with van der Waals surface area (Å²) in [7, 11) is -7.43. The Balaban J connectivity index is 3.64. The smallest absolute Gasteiger partial charge is 0.192 e. The van der Waals surface area contributed by atoms with E-state index in [1.807, 2.05) is 0 Å². The molecule has 11 heteroatoms. The lowest BCUT2D eigenvalue weighted by Crippen LogP contribution is -2.11. The third kappa shape index (κ3) is 17.9. The molecule has 0 heterocycles. The van der Waals surface area contributed by atoms with E-state index in [1.54, 1.807) is 0 Å². The van der Waals surface area contributed by atoms with Crippen molar-refractivity contribution in [1.82, 2.24) is 0 Å². The summed E-state index contributed by atoms with van der Waals surface area (Å²) >= 11 is 12.4. The molecule has 0 aromatic heterocycles. The van der Waals surface area contributed by atoms with Crippen LogP contribution in [0, 0.1) is 0 Å². The summed E-state index contributed by atoms with van der Waals surface area (Å²) in [5.41, 5.74) is 0. The minimum Gasteiger partial charge on any atom is -0.192 e. The Kier molecular flexibility index (Phi) is 19.2. The summed E-state index contributed by atoms with van der Waals surface area (Å²) < 4.78 is 5.32. The highest BCUT2D eigenvalue weighted by atomic mass is 32.1. The molecular weight excluding hydrogens is 470 g/mol. The van der Waals surface area contributed by atoms with E-state index in [9.17, 15) is 9.79 Å². The van der Waals surface area contributed by atoms with Crippen molar-refractivity contribution in [2.45, 2.75) is 99.9 Å². The van der Waals surface area contributed by atoms with Crippen LogP contribution < -0.4 is 0 Å². The van der Waals surface area contributed by atoms with Gasteiger partial charge in [-0.2, -0.15) is 41.6 Å². The molecular formula is C18H42O6P2S3+2. The van der Waals surface area contributed by atoms with Gasteiger partial charge in [-0.05, 0) is 31.4 Å². The van der Waals surface area contributed by atoms with Crippen molar-refractivity contribution in [2.24, 2.45) is 0 Å². The van der Waals surface area contributed by atoms with Gasteiger partial charge in [-0.1, -0.05) is 51.4 Å². The minimum atomic E-state index is -3.91. The fourth-order valence-corrected chi connectivity index (χ4v) is 5.31. The summed E-state index contributed by atoms with van der Waals surface area (Å²) in [6, 6.07) is 0. The second-order valence-corrected chi connectivity index (χ2v) is 14.0. The van der Waals surface area contributed by atoms with Crippen LogP contribution >= 0.6 is 53.8 Å². The Morgan fingerprint density at radius 2 is 1.00 bits per heavy atom. The molecule has 0 aromatic rings. The van der Waals surface area contributed by atoms with Crippen LogP contribution in [0.25, 0.3) is 0 Å². The molecule has 0 radical (unpaired) electrons. The molecule has 176 valence electrons. The molecule has 29 heavy (non-hydrogen) atoms. The first-order valence-electron chi connectivity index (χ1n) is 10.6. The molecule has 0 aliphatic rings. The van der Waals surface area contributed by atoms with E-state index >= 15 is 0 Å². The molecule has 0 saturated carbocycles. The molecule has 2 atom stereocenters. The standard InChI is InChI=1S/C18H40O6P2S3/c19-25(20,21)17(28)13-9-10-14-18(29)26(22,23)24-15-11-7-5-3-1-2-4-6-8-12-16-27/h17-23H,1-16H2,(H-2,27,28,29)/p+2. The number of hydrogen-bond acceptors (Lipinski definition) is 9. The lowest BCUT2D eigenvalue weighted by molar-refractivity contribution is 0.220. The fourth-order valence-electron chi connectivity index (χ4n) is 2.91. The second kappa shape index (κ2) is 18.1. The van der Waals surface area contributed by atoms with E-state index in [0.29, 0.717) is 32.3 Å². The minimum absolute atomic E-state index is 0.326. The van der Waals surface area contributed by atoms with Crippen LogP contribution in [0.1, 0.15) is 89.9 Å². The summed E-state index contributed by atoms with van der Waals surface area (Å²) in [6.07, 6.45) is 13.8. The normalized spacial score (nSPS) is 14.9. The molecule has 0 amide bonds. The quantitative estimate of drug-likeness (QED) is 0.0631. The number of thiol groups is 3. The third-order valence-corrected chi connectivity index (χ3v) is 10.1. The maximum atomic E-state index is 10.1. The van der Waals surface area contributed by atoms with Crippen LogP contribution in [0.2, 0.25) is 0 Å². The van der Waals surface area contributed by atoms with Gasteiger partial charge in [0.25, 0.3) is 0 Å². The van der Waals surface area contributed by atoms with Gasteiger partial charge in [-0.15, -0.1) is 25.3 Å². The van der Waals surface area contributed by atoms with Crippen LogP contribution in [0.15, 0.2) is 0 Å². The molecule has 0 saturated heterocycles. The number of hydrogen-bond donors (Lipinski definition) is 8. The Morgan fingerprint density at radius 1 is 0.586 bits per heavy atom. The van der Waals surface area contributed by atoms with Gasteiger partial charge in [-0.3, -0.25) is 0 Å². The van der Waals surface area contributed by atoms with Gasteiger partial charge in [0, 0.05) is 12.8 Å². The van der Waals surface area contributed by atoms with E-state index in [-0.39, 0.29) is 0 Å². The highest BCUT2D eigenvalue weighted by Crippen LogP contribution is 2.59. The highest BCUT2D eigenvalue weighted by molar-refractivity contribution is 7.91. The van der Waals surface area contributed by atoms with Crippen LogP contribution in [0.4, 0.5) is 0 Å². The highest BCUT2D eigenvalue weighted by Gasteiger charge is 2.44. The molecule has 0 aromatic carbocycles. The first kappa shape index (κ1) is 30.7. The Bertz CT molecular complexity index is 389. The first-order chi connectivity index (χ1) is 13.6. The molecule has 0 spiro atoms. The van der Waals surface area contributed by atoms with Crippen LogP contribution in [0.3, 0.4) is 0 Å². The van der Waals surface area contributed by atoms with Crippen LogP contribution in [-0.2, 0) is 4.52 Å². The van der Waals surface area contributed by atoms with Gasteiger partial charge in [-0.25, -0.2) is 0 Å². The Morgan fingerprint density at radius 3 is 1.45 bits per heavy atom. The van der Waals surface area contributed by atoms with Gasteiger partial charge < -0.3 is 0 Å². The lowest BCUT2D eigenvalue weighted by Gasteiger charge is -2.17. The van der Waals surface area contributed by atoms with E-state index in [4.69, 9.17) is 19.2 Å². The van der Waals surface area contributed by atoms with Crippen LogP contribution in [0.5, 0.6) is 0 Å². The van der Waals surface area contributed by atoms with Crippen LogP contribution in [-0.4, -0.2) is 46.8 Å². The molecule has 0 fully saturated rings. The summed E-state index contributed by atoms with van der Waals surface area (Å²) in [6.45, 7) is 0.326. The molecule has 0 aliphatic heterocycles. The molecule has 0 bridgehead atoms. The van der Waals surface area contributed by atoms with E-state index in [0.717, 1.165) is 25.0 Å². The van der Waals surface area contributed by atoms with Gasteiger partial charge >= 0.3 is 15.9 Å². The largest absolute Gasteiger partial charge is 0.419 e. The van der Waals surface area contributed by atoms with Gasteiger partial charge in [0.2, 0.25) is 0 Å². The maximum absolute atomic E-state index is 10.1. The topological polar surface area (TPSA) is 110 Å². The molecule has 5 N–H and O–H groups in total. The second-order valence-electron chi connectivity index (χ2n) is 7.54. The van der Waals surface area contributed by atoms with Crippen molar-refractivity contribution in [3.8, 4) is 0 Å². The summed E-state index contributed by atoms with van der Waals surface area (Å²) in [4.78, 5) is 46.0. The SMILES string of the molecule is O[P+](O)(O)C(S)CCCCC(S)[P+](O)(O)OCCCCCCCCCCCCS. The van der Waals surface area contributed by atoms with Crippen molar-refractivity contribution in [3.63, 3.8) is 0 Å². The maximum Gasteiger partial charge on any atom is 0.419 e. The van der Waals surface area contributed by atoms with Crippen molar-refractivity contribution < 1.29 is 29.0 Å². The first-order valence-corrected chi connectivity index (χ1v) is 15.7. The lowest BCUT2D eigenvalue weighted by atomic mass is 10.1. The number of unbranched alkanes of at least 4 members (excludes halogenated alkanes) is 10. The van der Waals surface area contributed by atoms with Crippen molar-refractivity contribution in [1.29, 1.82) is 0 Å². The molecule has 2 unspecified atom stereocenters. The summed E-state index contributed by atoms with van der Waals surface area (Å²) in [5.74, 6) is 0.985. The zero-order valence-electron chi connectivity index (χ0n) is 17.3. The molecule has 0 rings (SSSR count). The van der Waals surface area contributed by atoms with E-state index in [2.05, 4.69) is 37.9 Å². The molecule has 6 nitrogen and oxygen atoms in total. The van der Waals surface area contributed by atoms with E-state index < -0.39 is 25.9 Å². The predicted molar refractivity (Wildman–Crippen MR) is 135 cm³/mol. The average molecular weight is 513 g/mol. The summed E-state index contributed by atoms with van der Waals surface area (Å²) in [5, 5.41) is 0. The molecule has 0 aliphatic carbocycles. The van der Waals surface area contributed by atoms with Gasteiger partial charge in [0.05, 0.1) is 6.61 Å². The zero-order valence-corrected chi connectivity index (χ0v) is 21.8. The van der Waals surface area contributed by atoms with Gasteiger partial charge in [0.1, 0.15) is 0 Å². The number of rotatable bonds is 20. The van der Waals surface area contributed by atoms with Crippen molar-refractivity contribution >= 4 is 53.8 Å². The monoisotopic (exact) mass is 512 g/mol. The van der Waals surface area contributed by atoms with Crippen molar-refractivity contribution in [2.75, 3.05) is 12.4 Å². The Hall–Kier alpha value is 1.67. The van der Waals surface area contributed by atoms with Gasteiger partial charge in [0.15, 0.2) is 9.98 Å². The van der Waals surface area contributed by atoms with E-state index in [1.165, 1.54) is 44.9 Å². The zero-order chi connectivity index (χ0) is 22.2. The average Bonchev–Trinajstić information content (AvgIpc) is 2.64. The fraction of sp³-hybridized carbons (Fsp3) is 1.00. The predicted octanol–water partition coefficient (Wildman–Crippen LogP) is 5.39. The third-order valence-electron chi connectivity index (χ3n) is 4.80.